The second kappa shape index (κ2) is 6.18. The maximum absolute atomic E-state index is 5.99. The van der Waals surface area contributed by atoms with E-state index in [2.05, 4.69) is 10.6 Å². The largest absolute Gasteiger partial charge is 0.495 e. The Morgan fingerprint density at radius 2 is 2.07 bits per heavy atom. The number of hydrogen-bond acceptors (Lipinski definition) is 3. The Kier molecular flexibility index (Phi) is 5.19. The van der Waals surface area contributed by atoms with Crippen molar-refractivity contribution >= 4 is 23.2 Å². The van der Waals surface area contributed by atoms with Crippen molar-refractivity contribution in [1.29, 1.82) is 0 Å². The normalized spacial score (nSPS) is 10.4. The minimum Gasteiger partial charge on any atom is -0.495 e. The third kappa shape index (κ3) is 3.54. The van der Waals surface area contributed by atoms with Gasteiger partial charge in [-0.25, -0.2) is 0 Å². The Balaban J connectivity index is 2.84. The Morgan fingerprint density at radius 1 is 1.33 bits per heavy atom. The van der Waals surface area contributed by atoms with Crippen molar-refractivity contribution in [2.75, 3.05) is 20.8 Å². The summed E-state index contributed by atoms with van der Waals surface area (Å²) in [5.41, 5.74) is 0.949. The van der Waals surface area contributed by atoms with E-state index < -0.39 is 0 Å². The first-order chi connectivity index (χ1) is 7.19. The fourth-order valence-corrected chi connectivity index (χ4v) is 1.91. The minimum absolute atomic E-state index is 0.534. The molecule has 15 heavy (non-hydrogen) atoms. The van der Waals surface area contributed by atoms with Gasteiger partial charge < -0.3 is 15.4 Å². The molecule has 0 bridgehead atoms. The summed E-state index contributed by atoms with van der Waals surface area (Å²) in [5, 5.41) is 7.31. The molecule has 2 N–H and O–H groups in total. The fourth-order valence-electron chi connectivity index (χ4n) is 1.30. The van der Waals surface area contributed by atoms with Crippen LogP contribution in [0.2, 0.25) is 10.0 Å². The maximum Gasteiger partial charge on any atom is 0.142 e. The van der Waals surface area contributed by atoms with E-state index in [4.69, 9.17) is 27.9 Å². The molecule has 1 aromatic carbocycles. The average molecular weight is 249 g/mol. The summed E-state index contributed by atoms with van der Waals surface area (Å²) >= 11 is 11.9. The summed E-state index contributed by atoms with van der Waals surface area (Å²) in [6.07, 6.45) is 0. The van der Waals surface area contributed by atoms with Gasteiger partial charge in [0.15, 0.2) is 0 Å². The number of benzene rings is 1. The van der Waals surface area contributed by atoms with E-state index in [0.717, 1.165) is 5.56 Å². The topological polar surface area (TPSA) is 33.3 Å². The van der Waals surface area contributed by atoms with Crippen molar-refractivity contribution in [3.63, 3.8) is 0 Å². The summed E-state index contributed by atoms with van der Waals surface area (Å²) in [7, 11) is 3.46. The predicted octanol–water partition coefficient (Wildman–Crippen LogP) is 2.27. The lowest BCUT2D eigenvalue weighted by Crippen LogP contribution is -2.25. The molecule has 0 saturated heterocycles. The average Bonchev–Trinajstić information content (AvgIpc) is 2.17. The lowest BCUT2D eigenvalue weighted by Gasteiger charge is -2.11. The molecule has 0 heterocycles. The molecule has 0 unspecified atom stereocenters. The summed E-state index contributed by atoms with van der Waals surface area (Å²) in [5.74, 6) is 0.671. The molecule has 5 heteroatoms. The molecule has 0 radical (unpaired) electrons. The lowest BCUT2D eigenvalue weighted by atomic mass is 10.2. The van der Waals surface area contributed by atoms with Crippen LogP contribution in [0.5, 0.6) is 5.75 Å². The van der Waals surface area contributed by atoms with Crippen molar-refractivity contribution in [3.8, 4) is 5.75 Å². The molecule has 1 rings (SSSR count). The van der Waals surface area contributed by atoms with E-state index in [9.17, 15) is 0 Å². The molecule has 0 aliphatic rings. The summed E-state index contributed by atoms with van der Waals surface area (Å²) in [6, 6.07) is 3.51. The van der Waals surface area contributed by atoms with Crippen LogP contribution in [0.4, 0.5) is 0 Å². The van der Waals surface area contributed by atoms with Crippen molar-refractivity contribution < 1.29 is 4.74 Å². The van der Waals surface area contributed by atoms with Crippen molar-refractivity contribution in [2.45, 2.75) is 6.54 Å². The molecule has 3 nitrogen and oxygen atoms in total. The molecule has 0 fully saturated rings. The maximum atomic E-state index is 5.99. The Labute approximate surface area is 99.7 Å². The van der Waals surface area contributed by atoms with Gasteiger partial charge in [0.1, 0.15) is 5.75 Å². The highest BCUT2D eigenvalue weighted by Gasteiger charge is 2.08. The standard InChI is InChI=1S/C10H14Cl2N2O/c1-13-6-14-5-7-3-8(11)4-9(12)10(7)15-2/h3-4,13-14H,5-6H2,1-2H3. The number of halogens is 2. The van der Waals surface area contributed by atoms with Crippen LogP contribution in [-0.4, -0.2) is 20.8 Å². The van der Waals surface area contributed by atoms with Crippen LogP contribution in [-0.2, 0) is 6.54 Å². The highest BCUT2D eigenvalue weighted by molar-refractivity contribution is 6.35. The molecule has 1 aromatic rings. The van der Waals surface area contributed by atoms with Gasteiger partial charge in [-0.3, -0.25) is 0 Å². The number of rotatable bonds is 5. The second-order valence-electron chi connectivity index (χ2n) is 3.04. The second-order valence-corrected chi connectivity index (χ2v) is 3.88. The first-order valence-corrected chi connectivity index (χ1v) is 5.32. The molecule has 0 aliphatic heterocycles. The van der Waals surface area contributed by atoms with Gasteiger partial charge in [0, 0.05) is 23.8 Å². The van der Waals surface area contributed by atoms with Crippen LogP contribution in [0.25, 0.3) is 0 Å². The molecule has 0 aromatic heterocycles. The lowest BCUT2D eigenvalue weighted by molar-refractivity contribution is 0.407. The third-order valence-corrected chi connectivity index (χ3v) is 2.41. The molecular formula is C10H14Cl2N2O. The summed E-state index contributed by atoms with van der Waals surface area (Å²) < 4.78 is 5.21. The Morgan fingerprint density at radius 3 is 2.67 bits per heavy atom. The van der Waals surface area contributed by atoms with E-state index in [1.165, 1.54) is 0 Å². The molecule has 0 atom stereocenters. The van der Waals surface area contributed by atoms with Gasteiger partial charge in [-0.2, -0.15) is 0 Å². The van der Waals surface area contributed by atoms with Gasteiger partial charge in [0.05, 0.1) is 12.1 Å². The van der Waals surface area contributed by atoms with Gasteiger partial charge in [-0.1, -0.05) is 23.2 Å². The van der Waals surface area contributed by atoms with E-state index >= 15 is 0 Å². The van der Waals surface area contributed by atoms with Gasteiger partial charge in [-0.05, 0) is 19.2 Å². The zero-order valence-corrected chi connectivity index (χ0v) is 10.2. The zero-order chi connectivity index (χ0) is 11.3. The van der Waals surface area contributed by atoms with Crippen molar-refractivity contribution in [3.05, 3.63) is 27.7 Å². The SMILES string of the molecule is CNCNCc1cc(Cl)cc(Cl)c1OC. The predicted molar refractivity (Wildman–Crippen MR) is 63.8 cm³/mol. The highest BCUT2D eigenvalue weighted by atomic mass is 35.5. The molecule has 0 amide bonds. The van der Waals surface area contributed by atoms with Crippen LogP contribution in [0, 0.1) is 0 Å². The summed E-state index contributed by atoms with van der Waals surface area (Å²) in [4.78, 5) is 0. The van der Waals surface area contributed by atoms with Crippen LogP contribution < -0.4 is 15.4 Å². The zero-order valence-electron chi connectivity index (χ0n) is 8.73. The monoisotopic (exact) mass is 248 g/mol. The van der Waals surface area contributed by atoms with Gasteiger partial charge in [0.25, 0.3) is 0 Å². The quantitative estimate of drug-likeness (QED) is 0.620. The molecule has 0 spiro atoms. The van der Waals surface area contributed by atoms with E-state index in [1.807, 2.05) is 13.1 Å². The van der Waals surface area contributed by atoms with Gasteiger partial charge in [0.2, 0.25) is 0 Å². The highest BCUT2D eigenvalue weighted by Crippen LogP contribution is 2.31. The third-order valence-electron chi connectivity index (χ3n) is 1.91. The van der Waals surface area contributed by atoms with E-state index in [1.54, 1.807) is 13.2 Å². The smallest absolute Gasteiger partial charge is 0.142 e. The van der Waals surface area contributed by atoms with Crippen LogP contribution in [0.15, 0.2) is 12.1 Å². The Bertz CT molecular complexity index is 331. The van der Waals surface area contributed by atoms with E-state index in [-0.39, 0.29) is 0 Å². The van der Waals surface area contributed by atoms with Gasteiger partial charge >= 0.3 is 0 Å². The molecule has 0 aliphatic carbocycles. The fraction of sp³-hybridized carbons (Fsp3) is 0.400. The number of nitrogens with one attached hydrogen (secondary N) is 2. The number of methoxy groups -OCH3 is 1. The molecule has 84 valence electrons. The molecular weight excluding hydrogens is 235 g/mol. The minimum atomic E-state index is 0.534. The number of ether oxygens (including phenoxy) is 1. The van der Waals surface area contributed by atoms with Crippen molar-refractivity contribution in [1.82, 2.24) is 10.6 Å². The van der Waals surface area contributed by atoms with E-state index in [0.29, 0.717) is 29.0 Å². The van der Waals surface area contributed by atoms with Crippen LogP contribution >= 0.6 is 23.2 Å². The first-order valence-electron chi connectivity index (χ1n) is 4.56. The summed E-state index contributed by atoms with van der Waals surface area (Å²) in [6.45, 7) is 1.37. The molecule has 0 saturated carbocycles. The van der Waals surface area contributed by atoms with Crippen molar-refractivity contribution in [2.24, 2.45) is 0 Å². The number of hydrogen-bond donors (Lipinski definition) is 2. The van der Waals surface area contributed by atoms with Crippen LogP contribution in [0.3, 0.4) is 0 Å². The van der Waals surface area contributed by atoms with Crippen LogP contribution in [0.1, 0.15) is 5.56 Å². The van der Waals surface area contributed by atoms with Gasteiger partial charge in [-0.15, -0.1) is 0 Å². The first kappa shape index (κ1) is 12.6. The Hall–Kier alpha value is -0.480.